The summed E-state index contributed by atoms with van der Waals surface area (Å²) in [5, 5.41) is 9.37. The van der Waals surface area contributed by atoms with Crippen LogP contribution in [0.3, 0.4) is 0 Å². The molecular weight excluding hydrogens is 303 g/mol. The molecule has 2 rings (SSSR count). The maximum absolute atomic E-state index is 12.4. The Morgan fingerprint density at radius 2 is 1.86 bits per heavy atom. The molecule has 0 amide bonds. The molecule has 0 fully saturated rings. The summed E-state index contributed by atoms with van der Waals surface area (Å²) in [5.41, 5.74) is 0.137. The molecule has 0 radical (unpaired) electrons. The first kappa shape index (κ1) is 15.4. The molecule has 2 aromatic rings. The highest BCUT2D eigenvalue weighted by Gasteiger charge is 2.29. The van der Waals surface area contributed by atoms with E-state index in [1.165, 1.54) is 42.2 Å². The number of aromatic carboxylic acids is 1. The predicted molar refractivity (Wildman–Crippen MR) is 72.2 cm³/mol. The minimum absolute atomic E-state index is 0.125. The Balaban J connectivity index is 2.03. The topological polar surface area (TPSA) is 50.2 Å². The van der Waals surface area contributed by atoms with E-state index in [4.69, 9.17) is 5.11 Å². The minimum Gasteiger partial charge on any atom is -0.478 e. The molecule has 1 N–H and O–H groups in total. The van der Waals surface area contributed by atoms with Crippen LogP contribution < -0.4 is 0 Å². The van der Waals surface area contributed by atoms with Gasteiger partial charge < -0.3 is 5.11 Å². The van der Waals surface area contributed by atoms with Crippen LogP contribution >= 0.6 is 11.8 Å². The molecule has 0 saturated heterocycles. The Hall–Kier alpha value is -2.02. The fourth-order valence-electron chi connectivity index (χ4n) is 1.57. The van der Waals surface area contributed by atoms with Crippen LogP contribution in [0.2, 0.25) is 0 Å². The van der Waals surface area contributed by atoms with Crippen LogP contribution in [0.5, 0.6) is 0 Å². The molecule has 110 valence electrons. The zero-order valence-electron chi connectivity index (χ0n) is 10.6. The predicted octanol–water partition coefficient (Wildman–Crippen LogP) is 4.09. The lowest BCUT2D eigenvalue weighted by molar-refractivity contribution is -0.137. The quantitative estimate of drug-likeness (QED) is 0.864. The van der Waals surface area contributed by atoms with Crippen molar-refractivity contribution >= 4 is 17.7 Å². The van der Waals surface area contributed by atoms with Crippen LogP contribution in [0, 0.1) is 0 Å². The molecule has 21 heavy (non-hydrogen) atoms. The Bertz CT molecular complexity index is 641. The number of rotatable bonds is 4. The average molecular weight is 313 g/mol. The standard InChI is InChI=1S/C14H10F3NO2S/c15-14(16,17)11-3-1-9(2-4-11)8-21-12-7-10(13(19)20)5-6-18-12/h1-7H,8H2,(H,19,20). The maximum atomic E-state index is 12.4. The second-order valence-corrected chi connectivity index (χ2v) is 5.17. The van der Waals surface area contributed by atoms with Crippen LogP contribution in [0.4, 0.5) is 13.2 Å². The Morgan fingerprint density at radius 1 is 1.19 bits per heavy atom. The fourth-order valence-corrected chi connectivity index (χ4v) is 2.42. The third-order valence-electron chi connectivity index (χ3n) is 2.65. The lowest BCUT2D eigenvalue weighted by atomic mass is 10.1. The van der Waals surface area contributed by atoms with Crippen LogP contribution in [0.1, 0.15) is 21.5 Å². The highest BCUT2D eigenvalue weighted by molar-refractivity contribution is 7.98. The van der Waals surface area contributed by atoms with Crippen molar-refractivity contribution in [3.8, 4) is 0 Å². The molecule has 0 atom stereocenters. The monoisotopic (exact) mass is 313 g/mol. The number of thioether (sulfide) groups is 1. The van der Waals surface area contributed by atoms with Crippen molar-refractivity contribution in [2.24, 2.45) is 0 Å². The first-order valence-electron chi connectivity index (χ1n) is 5.84. The molecule has 0 aliphatic carbocycles. The number of aromatic nitrogens is 1. The zero-order chi connectivity index (χ0) is 15.5. The molecule has 0 aliphatic heterocycles. The third-order valence-corrected chi connectivity index (χ3v) is 3.65. The largest absolute Gasteiger partial charge is 0.478 e. The highest BCUT2D eigenvalue weighted by atomic mass is 32.2. The normalized spacial score (nSPS) is 11.4. The first-order chi connectivity index (χ1) is 9.86. The molecule has 1 heterocycles. The molecule has 7 heteroatoms. The van der Waals surface area contributed by atoms with Gasteiger partial charge in [-0.15, -0.1) is 11.8 Å². The first-order valence-corrected chi connectivity index (χ1v) is 6.83. The molecule has 3 nitrogen and oxygen atoms in total. The summed E-state index contributed by atoms with van der Waals surface area (Å²) in [6.07, 6.45) is -2.96. The van der Waals surface area contributed by atoms with Gasteiger partial charge in [-0.1, -0.05) is 12.1 Å². The number of carbonyl (C=O) groups is 1. The fraction of sp³-hybridized carbons (Fsp3) is 0.143. The number of hydrogen-bond donors (Lipinski definition) is 1. The maximum Gasteiger partial charge on any atom is 0.416 e. The molecule has 0 bridgehead atoms. The summed E-state index contributed by atoms with van der Waals surface area (Å²) in [4.78, 5) is 14.8. The molecule has 0 aliphatic rings. The van der Waals surface area contributed by atoms with Crippen LogP contribution in [-0.2, 0) is 11.9 Å². The number of alkyl halides is 3. The molecule has 0 unspecified atom stereocenters. The van der Waals surface area contributed by atoms with Crippen molar-refractivity contribution in [2.45, 2.75) is 17.0 Å². The van der Waals surface area contributed by atoms with Gasteiger partial charge in [0.1, 0.15) is 0 Å². The Kier molecular flexibility index (Phi) is 4.52. The van der Waals surface area contributed by atoms with Crippen molar-refractivity contribution < 1.29 is 23.1 Å². The number of benzene rings is 1. The number of hydrogen-bond acceptors (Lipinski definition) is 3. The van der Waals surface area contributed by atoms with E-state index in [0.29, 0.717) is 16.3 Å². The van der Waals surface area contributed by atoms with Gasteiger partial charge in [0, 0.05) is 11.9 Å². The number of halogens is 3. The van der Waals surface area contributed by atoms with Gasteiger partial charge in [-0.2, -0.15) is 13.2 Å². The van der Waals surface area contributed by atoms with Crippen molar-refractivity contribution in [2.75, 3.05) is 0 Å². The molecular formula is C14H10F3NO2S. The van der Waals surface area contributed by atoms with Gasteiger partial charge in [-0.3, -0.25) is 0 Å². The smallest absolute Gasteiger partial charge is 0.416 e. The number of carboxylic acids is 1. The van der Waals surface area contributed by atoms with Crippen molar-refractivity contribution in [3.63, 3.8) is 0 Å². The SMILES string of the molecule is O=C(O)c1ccnc(SCc2ccc(C(F)(F)F)cc2)c1. The van der Waals surface area contributed by atoms with Crippen LogP contribution in [0.25, 0.3) is 0 Å². The molecule has 0 saturated carbocycles. The third kappa shape index (κ3) is 4.22. The summed E-state index contributed by atoms with van der Waals surface area (Å²) in [6.45, 7) is 0. The summed E-state index contributed by atoms with van der Waals surface area (Å²) in [7, 11) is 0. The van der Waals surface area contributed by atoms with Gasteiger partial charge in [-0.25, -0.2) is 9.78 Å². The van der Waals surface area contributed by atoms with Gasteiger partial charge in [0.2, 0.25) is 0 Å². The lowest BCUT2D eigenvalue weighted by Crippen LogP contribution is -2.04. The average Bonchev–Trinajstić information content (AvgIpc) is 2.45. The van der Waals surface area contributed by atoms with Crippen LogP contribution in [0.15, 0.2) is 47.6 Å². The Morgan fingerprint density at radius 3 is 2.43 bits per heavy atom. The summed E-state index contributed by atoms with van der Waals surface area (Å²) >= 11 is 1.26. The summed E-state index contributed by atoms with van der Waals surface area (Å²) in [5.74, 6) is -0.637. The van der Waals surface area contributed by atoms with Gasteiger partial charge in [0.15, 0.2) is 0 Å². The second-order valence-electron chi connectivity index (χ2n) is 4.17. The van der Waals surface area contributed by atoms with Crippen molar-refractivity contribution in [3.05, 3.63) is 59.3 Å². The lowest BCUT2D eigenvalue weighted by Gasteiger charge is -2.07. The van der Waals surface area contributed by atoms with E-state index in [0.717, 1.165) is 12.1 Å². The molecule has 0 spiro atoms. The van der Waals surface area contributed by atoms with Crippen molar-refractivity contribution in [1.82, 2.24) is 4.98 Å². The molecule has 1 aromatic carbocycles. The van der Waals surface area contributed by atoms with Gasteiger partial charge in [0.05, 0.1) is 16.2 Å². The van der Waals surface area contributed by atoms with E-state index >= 15 is 0 Å². The summed E-state index contributed by atoms with van der Waals surface area (Å²) < 4.78 is 37.3. The second kappa shape index (κ2) is 6.17. The van der Waals surface area contributed by atoms with Gasteiger partial charge in [-0.05, 0) is 29.8 Å². The zero-order valence-corrected chi connectivity index (χ0v) is 11.4. The number of carboxylic acid groups (broad SMARTS) is 1. The van der Waals surface area contributed by atoms with Crippen molar-refractivity contribution in [1.29, 1.82) is 0 Å². The van der Waals surface area contributed by atoms with E-state index in [1.807, 2.05) is 0 Å². The van der Waals surface area contributed by atoms with E-state index < -0.39 is 17.7 Å². The van der Waals surface area contributed by atoms with Crippen LogP contribution in [-0.4, -0.2) is 16.1 Å². The Labute approximate surface area is 122 Å². The minimum atomic E-state index is -4.34. The van der Waals surface area contributed by atoms with E-state index in [9.17, 15) is 18.0 Å². The van der Waals surface area contributed by atoms with Gasteiger partial charge >= 0.3 is 12.1 Å². The van der Waals surface area contributed by atoms with Gasteiger partial charge in [0.25, 0.3) is 0 Å². The summed E-state index contributed by atoms with van der Waals surface area (Å²) in [6, 6.07) is 7.66. The number of pyridine rings is 1. The molecule has 1 aromatic heterocycles. The highest BCUT2D eigenvalue weighted by Crippen LogP contribution is 2.30. The number of nitrogens with zero attached hydrogens (tertiary/aromatic N) is 1. The van der Waals surface area contributed by atoms with E-state index in [2.05, 4.69) is 4.98 Å². The van der Waals surface area contributed by atoms with E-state index in [1.54, 1.807) is 0 Å². The van der Waals surface area contributed by atoms with E-state index in [-0.39, 0.29) is 5.56 Å².